The molecule has 7 heteroatoms. The summed E-state index contributed by atoms with van der Waals surface area (Å²) in [7, 11) is 1.79. The second-order valence-corrected chi connectivity index (χ2v) is 6.60. The van der Waals surface area contributed by atoms with Crippen LogP contribution in [0.4, 0.5) is 0 Å². The maximum atomic E-state index is 12.6. The average Bonchev–Trinajstić information content (AvgIpc) is 3.21. The zero-order valence-corrected chi connectivity index (χ0v) is 15.8. The zero-order valence-electron chi connectivity index (χ0n) is 15.8. The van der Waals surface area contributed by atoms with Gasteiger partial charge in [-0.3, -0.25) is 9.59 Å². The third-order valence-corrected chi connectivity index (χ3v) is 4.82. The van der Waals surface area contributed by atoms with Crippen LogP contribution in [-0.2, 0) is 0 Å². The van der Waals surface area contributed by atoms with Gasteiger partial charge in [-0.05, 0) is 43.4 Å². The second kappa shape index (κ2) is 9.12. The first kappa shape index (κ1) is 19.6. The molecule has 0 aliphatic heterocycles. The number of amides is 2. The van der Waals surface area contributed by atoms with Crippen molar-refractivity contribution in [1.82, 2.24) is 25.6 Å². The molecule has 2 aromatic rings. The number of aromatic amines is 1. The molecule has 140 valence electrons. The fraction of sp³-hybridized carbons (Fsp3) is 0.474. The van der Waals surface area contributed by atoms with Gasteiger partial charge in [0.25, 0.3) is 11.8 Å². The normalized spacial score (nSPS) is 13.1. The molecule has 26 heavy (non-hydrogen) atoms. The molecular formula is C19H27N5O2. The van der Waals surface area contributed by atoms with Gasteiger partial charge >= 0.3 is 0 Å². The van der Waals surface area contributed by atoms with Crippen molar-refractivity contribution in [2.75, 3.05) is 13.6 Å². The van der Waals surface area contributed by atoms with Crippen LogP contribution in [0.5, 0.6) is 0 Å². The Morgan fingerprint density at radius 3 is 2.50 bits per heavy atom. The SMILES string of the molecule is CCC(C)c1ccc(C(=O)N(C)C(C)CCNC(=O)c2cn[nH]n2)cc1. The van der Waals surface area contributed by atoms with E-state index in [-0.39, 0.29) is 23.6 Å². The molecule has 1 heterocycles. The molecule has 2 unspecified atom stereocenters. The lowest BCUT2D eigenvalue weighted by molar-refractivity contribution is 0.0737. The van der Waals surface area contributed by atoms with Gasteiger partial charge in [0.15, 0.2) is 5.69 Å². The zero-order chi connectivity index (χ0) is 19.1. The third kappa shape index (κ3) is 4.91. The number of nitrogens with zero attached hydrogens (tertiary/aromatic N) is 3. The van der Waals surface area contributed by atoms with E-state index < -0.39 is 0 Å². The number of nitrogens with one attached hydrogen (secondary N) is 2. The van der Waals surface area contributed by atoms with Crippen molar-refractivity contribution in [3.8, 4) is 0 Å². The summed E-state index contributed by atoms with van der Waals surface area (Å²) in [5, 5.41) is 12.5. The fourth-order valence-electron chi connectivity index (χ4n) is 2.58. The van der Waals surface area contributed by atoms with Gasteiger partial charge in [0, 0.05) is 25.2 Å². The van der Waals surface area contributed by atoms with E-state index in [1.54, 1.807) is 11.9 Å². The highest BCUT2D eigenvalue weighted by Gasteiger charge is 2.18. The van der Waals surface area contributed by atoms with Gasteiger partial charge in [0.1, 0.15) is 0 Å². The predicted octanol–water partition coefficient (Wildman–Crippen LogP) is 2.60. The highest BCUT2D eigenvalue weighted by atomic mass is 16.2. The lowest BCUT2D eigenvalue weighted by Gasteiger charge is -2.25. The van der Waals surface area contributed by atoms with E-state index in [1.807, 2.05) is 31.2 Å². The summed E-state index contributed by atoms with van der Waals surface area (Å²) in [6.07, 6.45) is 3.10. The number of carbonyl (C=O) groups excluding carboxylic acids is 2. The lowest BCUT2D eigenvalue weighted by Crippen LogP contribution is -2.37. The Balaban J connectivity index is 1.85. The Kier molecular flexibility index (Phi) is 6.89. The second-order valence-electron chi connectivity index (χ2n) is 6.60. The first-order valence-corrected chi connectivity index (χ1v) is 8.95. The van der Waals surface area contributed by atoms with Crippen molar-refractivity contribution >= 4 is 11.8 Å². The molecule has 0 saturated carbocycles. The molecule has 0 aliphatic rings. The van der Waals surface area contributed by atoms with Gasteiger partial charge in [0.2, 0.25) is 0 Å². The summed E-state index contributed by atoms with van der Waals surface area (Å²) in [4.78, 5) is 26.2. The first-order valence-electron chi connectivity index (χ1n) is 8.95. The molecule has 2 rings (SSSR count). The molecule has 2 atom stereocenters. The van der Waals surface area contributed by atoms with Crippen molar-refractivity contribution in [1.29, 1.82) is 0 Å². The summed E-state index contributed by atoms with van der Waals surface area (Å²) in [5.41, 5.74) is 2.18. The first-order chi connectivity index (χ1) is 12.4. The molecule has 0 spiro atoms. The predicted molar refractivity (Wildman–Crippen MR) is 100 cm³/mol. The highest BCUT2D eigenvalue weighted by molar-refractivity contribution is 5.94. The van der Waals surface area contributed by atoms with Crippen LogP contribution in [0, 0.1) is 0 Å². The fourth-order valence-corrected chi connectivity index (χ4v) is 2.58. The van der Waals surface area contributed by atoms with Gasteiger partial charge in [-0.2, -0.15) is 15.4 Å². The molecule has 1 aromatic carbocycles. The van der Waals surface area contributed by atoms with E-state index in [2.05, 4.69) is 34.6 Å². The minimum Gasteiger partial charge on any atom is -0.351 e. The maximum Gasteiger partial charge on any atom is 0.273 e. The third-order valence-electron chi connectivity index (χ3n) is 4.82. The number of hydrogen-bond donors (Lipinski definition) is 2. The maximum absolute atomic E-state index is 12.6. The molecule has 1 aromatic heterocycles. The van der Waals surface area contributed by atoms with Gasteiger partial charge in [-0.1, -0.05) is 26.0 Å². The highest BCUT2D eigenvalue weighted by Crippen LogP contribution is 2.19. The van der Waals surface area contributed by atoms with Gasteiger partial charge in [-0.15, -0.1) is 0 Å². The average molecular weight is 357 g/mol. The largest absolute Gasteiger partial charge is 0.351 e. The Bertz CT molecular complexity index is 712. The molecule has 0 aliphatic carbocycles. The molecule has 7 nitrogen and oxygen atoms in total. The number of carbonyl (C=O) groups is 2. The van der Waals surface area contributed by atoms with Crippen LogP contribution in [-0.4, -0.2) is 51.8 Å². The van der Waals surface area contributed by atoms with Crippen molar-refractivity contribution in [3.05, 3.63) is 47.3 Å². The lowest BCUT2D eigenvalue weighted by atomic mass is 9.97. The van der Waals surface area contributed by atoms with Crippen LogP contribution in [0.2, 0.25) is 0 Å². The van der Waals surface area contributed by atoms with Crippen LogP contribution in [0.1, 0.15) is 65.9 Å². The molecule has 0 radical (unpaired) electrons. The minimum absolute atomic E-state index is 0.00523. The molecule has 0 bridgehead atoms. The molecule has 2 amide bonds. The number of rotatable bonds is 8. The van der Waals surface area contributed by atoms with Gasteiger partial charge < -0.3 is 10.2 Å². The van der Waals surface area contributed by atoms with Crippen molar-refractivity contribution in [3.63, 3.8) is 0 Å². The Labute approximate surface area is 154 Å². The minimum atomic E-state index is -0.277. The van der Waals surface area contributed by atoms with E-state index in [9.17, 15) is 9.59 Å². The Morgan fingerprint density at radius 2 is 1.92 bits per heavy atom. The molecule has 2 N–H and O–H groups in total. The summed E-state index contributed by atoms with van der Waals surface area (Å²) in [6, 6.07) is 7.82. The van der Waals surface area contributed by atoms with Crippen LogP contribution >= 0.6 is 0 Å². The van der Waals surface area contributed by atoms with Crippen LogP contribution in [0.15, 0.2) is 30.5 Å². The van der Waals surface area contributed by atoms with Crippen LogP contribution < -0.4 is 5.32 Å². The summed E-state index contributed by atoms with van der Waals surface area (Å²) in [6.45, 7) is 6.75. The quantitative estimate of drug-likeness (QED) is 0.760. The van der Waals surface area contributed by atoms with E-state index in [0.29, 0.717) is 24.4 Å². The summed E-state index contributed by atoms with van der Waals surface area (Å²) in [5.74, 6) is 0.195. The molecular weight excluding hydrogens is 330 g/mol. The number of H-pyrrole nitrogens is 1. The van der Waals surface area contributed by atoms with E-state index in [0.717, 1.165) is 6.42 Å². The molecule has 0 fully saturated rings. The van der Waals surface area contributed by atoms with Crippen LogP contribution in [0.3, 0.4) is 0 Å². The Hall–Kier alpha value is -2.70. The Morgan fingerprint density at radius 1 is 1.23 bits per heavy atom. The number of hydrogen-bond acceptors (Lipinski definition) is 4. The number of benzene rings is 1. The van der Waals surface area contributed by atoms with Crippen molar-refractivity contribution in [2.24, 2.45) is 0 Å². The summed E-state index contributed by atoms with van der Waals surface area (Å²) >= 11 is 0. The summed E-state index contributed by atoms with van der Waals surface area (Å²) < 4.78 is 0. The van der Waals surface area contributed by atoms with E-state index in [1.165, 1.54) is 11.8 Å². The monoisotopic (exact) mass is 357 g/mol. The van der Waals surface area contributed by atoms with E-state index in [4.69, 9.17) is 0 Å². The topological polar surface area (TPSA) is 91.0 Å². The van der Waals surface area contributed by atoms with Crippen LogP contribution in [0.25, 0.3) is 0 Å². The van der Waals surface area contributed by atoms with Crippen molar-refractivity contribution < 1.29 is 9.59 Å². The standard InChI is InChI=1S/C19H27N5O2/c1-5-13(2)15-6-8-16(9-7-15)19(26)24(4)14(3)10-11-20-18(25)17-12-21-23-22-17/h6-9,12-14H,5,10-11H2,1-4H3,(H,20,25)(H,21,22,23). The number of aromatic nitrogens is 3. The van der Waals surface area contributed by atoms with Gasteiger partial charge in [-0.25, -0.2) is 0 Å². The smallest absolute Gasteiger partial charge is 0.273 e. The van der Waals surface area contributed by atoms with E-state index >= 15 is 0 Å². The van der Waals surface area contributed by atoms with Crippen molar-refractivity contribution in [2.45, 2.75) is 45.6 Å². The van der Waals surface area contributed by atoms with Gasteiger partial charge in [0.05, 0.1) is 6.20 Å². The molecule has 0 saturated heterocycles.